The summed E-state index contributed by atoms with van der Waals surface area (Å²) in [6.07, 6.45) is 1.51. The second kappa shape index (κ2) is 7.23. The lowest BCUT2D eigenvalue weighted by molar-refractivity contribution is 0.186. The number of fused-ring (bicyclic) bond motifs is 1. The zero-order valence-corrected chi connectivity index (χ0v) is 13.2. The molecule has 0 saturated heterocycles. The van der Waals surface area contributed by atoms with Gasteiger partial charge in [-0.2, -0.15) is 0 Å². The highest BCUT2D eigenvalue weighted by atomic mass is 19.1. The fourth-order valence-electron chi connectivity index (χ4n) is 2.32. The van der Waals surface area contributed by atoms with Crippen LogP contribution in [0.5, 0.6) is 5.75 Å². The third-order valence-electron chi connectivity index (χ3n) is 3.65. The monoisotopic (exact) mass is 328 g/mol. The summed E-state index contributed by atoms with van der Waals surface area (Å²) in [5.74, 6) is 0.326. The Morgan fingerprint density at radius 3 is 2.71 bits per heavy atom. The first kappa shape index (κ1) is 16.1. The van der Waals surface area contributed by atoms with Crippen molar-refractivity contribution >= 4 is 10.9 Å². The Morgan fingerprint density at radius 1 is 1.17 bits per heavy atom. The summed E-state index contributed by atoms with van der Waals surface area (Å²) >= 11 is 0. The molecule has 5 nitrogen and oxygen atoms in total. The van der Waals surface area contributed by atoms with Crippen LogP contribution in [-0.4, -0.2) is 23.3 Å². The normalized spacial score (nSPS) is 10.9. The topological polar surface area (TPSA) is 53.4 Å². The van der Waals surface area contributed by atoms with Crippen molar-refractivity contribution in [3.05, 3.63) is 70.5 Å². The molecule has 0 bridgehead atoms. The molecule has 0 spiro atoms. The van der Waals surface area contributed by atoms with Gasteiger partial charge >= 0.3 is 0 Å². The molecule has 6 heteroatoms. The maximum atomic E-state index is 12.9. The summed E-state index contributed by atoms with van der Waals surface area (Å²) in [7, 11) is 1.59. The van der Waals surface area contributed by atoms with Crippen molar-refractivity contribution in [3.8, 4) is 5.75 Å². The highest BCUT2D eigenvalue weighted by Crippen LogP contribution is 2.18. The van der Waals surface area contributed by atoms with E-state index >= 15 is 0 Å². The van der Waals surface area contributed by atoms with Crippen molar-refractivity contribution in [2.45, 2.75) is 13.2 Å². The quantitative estimate of drug-likeness (QED) is 0.698. The zero-order valence-electron chi connectivity index (χ0n) is 13.2. The van der Waals surface area contributed by atoms with Crippen LogP contribution in [0.4, 0.5) is 4.39 Å². The number of halogens is 1. The lowest BCUT2D eigenvalue weighted by atomic mass is 10.2. The van der Waals surface area contributed by atoms with Crippen LogP contribution in [0.3, 0.4) is 0 Å². The summed E-state index contributed by atoms with van der Waals surface area (Å²) in [6, 6.07) is 11.3. The van der Waals surface area contributed by atoms with Gasteiger partial charge in [-0.15, -0.1) is 0 Å². The van der Waals surface area contributed by atoms with E-state index in [2.05, 4.69) is 4.98 Å². The first-order chi connectivity index (χ1) is 11.7. The standard InChI is InChI=1S/C18H17FN2O3/c1-23-9-8-21-12-20-17-10-15(6-7-16(17)18(21)22)24-11-13-2-4-14(19)5-3-13/h2-7,10,12H,8-9,11H2,1H3. The number of nitrogens with zero attached hydrogens (tertiary/aromatic N) is 2. The predicted molar refractivity (Wildman–Crippen MR) is 88.6 cm³/mol. The number of ether oxygens (including phenoxy) is 2. The van der Waals surface area contributed by atoms with Gasteiger partial charge in [-0.05, 0) is 29.8 Å². The van der Waals surface area contributed by atoms with Gasteiger partial charge in [-0.1, -0.05) is 12.1 Å². The van der Waals surface area contributed by atoms with E-state index in [0.29, 0.717) is 36.4 Å². The average molecular weight is 328 g/mol. The van der Waals surface area contributed by atoms with Gasteiger partial charge in [0.15, 0.2) is 0 Å². The SMILES string of the molecule is COCCn1cnc2cc(OCc3ccc(F)cc3)ccc2c1=O. The Balaban J connectivity index is 1.78. The highest BCUT2D eigenvalue weighted by Gasteiger charge is 2.06. The van der Waals surface area contributed by atoms with Crippen LogP contribution in [0.2, 0.25) is 0 Å². The molecule has 3 rings (SSSR count). The van der Waals surface area contributed by atoms with Gasteiger partial charge in [0.05, 0.1) is 30.4 Å². The van der Waals surface area contributed by atoms with Crippen LogP contribution >= 0.6 is 0 Å². The summed E-state index contributed by atoms with van der Waals surface area (Å²) < 4.78 is 25.1. The van der Waals surface area contributed by atoms with Crippen LogP contribution in [0, 0.1) is 5.82 Å². The van der Waals surface area contributed by atoms with Gasteiger partial charge in [0, 0.05) is 13.2 Å². The van der Waals surface area contributed by atoms with E-state index in [4.69, 9.17) is 9.47 Å². The van der Waals surface area contributed by atoms with E-state index in [1.54, 1.807) is 37.4 Å². The summed E-state index contributed by atoms with van der Waals surface area (Å²) in [5, 5.41) is 0.530. The lowest BCUT2D eigenvalue weighted by Crippen LogP contribution is -2.22. The molecule has 0 aliphatic carbocycles. The molecule has 24 heavy (non-hydrogen) atoms. The molecule has 0 amide bonds. The molecule has 2 aromatic carbocycles. The van der Waals surface area contributed by atoms with E-state index in [1.807, 2.05) is 0 Å². The van der Waals surface area contributed by atoms with Gasteiger partial charge in [0.2, 0.25) is 0 Å². The number of aromatic nitrogens is 2. The molecule has 0 unspecified atom stereocenters. The number of hydrogen-bond acceptors (Lipinski definition) is 4. The molecule has 3 aromatic rings. The first-order valence-corrected chi connectivity index (χ1v) is 7.53. The molecule has 124 valence electrons. The molecule has 1 heterocycles. The van der Waals surface area contributed by atoms with Crippen molar-refractivity contribution in [2.24, 2.45) is 0 Å². The third-order valence-corrected chi connectivity index (χ3v) is 3.65. The van der Waals surface area contributed by atoms with Crippen molar-refractivity contribution < 1.29 is 13.9 Å². The molecule has 0 atom stereocenters. The molecular formula is C18H17FN2O3. The molecule has 0 saturated carbocycles. The van der Waals surface area contributed by atoms with Gasteiger partial charge < -0.3 is 9.47 Å². The van der Waals surface area contributed by atoms with Gasteiger partial charge in [0.25, 0.3) is 5.56 Å². The van der Waals surface area contributed by atoms with Crippen LogP contribution in [0.1, 0.15) is 5.56 Å². The first-order valence-electron chi connectivity index (χ1n) is 7.53. The smallest absolute Gasteiger partial charge is 0.261 e. The van der Waals surface area contributed by atoms with E-state index in [9.17, 15) is 9.18 Å². The average Bonchev–Trinajstić information content (AvgIpc) is 2.61. The third kappa shape index (κ3) is 3.60. The Kier molecular flexibility index (Phi) is 4.86. The largest absolute Gasteiger partial charge is 0.489 e. The highest BCUT2D eigenvalue weighted by molar-refractivity contribution is 5.78. The van der Waals surface area contributed by atoms with E-state index in [1.165, 1.54) is 23.0 Å². The van der Waals surface area contributed by atoms with Gasteiger partial charge in [-0.3, -0.25) is 9.36 Å². The molecule has 0 N–H and O–H groups in total. The minimum Gasteiger partial charge on any atom is -0.489 e. The minimum atomic E-state index is -0.279. The Bertz CT molecular complexity index is 891. The molecule has 0 fully saturated rings. The maximum absolute atomic E-state index is 12.9. The summed E-state index contributed by atoms with van der Waals surface area (Å²) in [4.78, 5) is 16.6. The number of rotatable bonds is 6. The molecule has 1 aromatic heterocycles. The predicted octanol–water partition coefficient (Wildman–Crippen LogP) is 2.76. The molecule has 0 aliphatic heterocycles. The van der Waals surface area contributed by atoms with Crippen LogP contribution in [0.15, 0.2) is 53.6 Å². The summed E-state index contributed by atoms with van der Waals surface area (Å²) in [5.41, 5.74) is 1.33. The fourth-order valence-corrected chi connectivity index (χ4v) is 2.32. The Labute approximate surface area is 138 Å². The van der Waals surface area contributed by atoms with Crippen molar-refractivity contribution in [1.29, 1.82) is 0 Å². The minimum absolute atomic E-state index is 0.109. The van der Waals surface area contributed by atoms with E-state index < -0.39 is 0 Å². The number of hydrogen-bond donors (Lipinski definition) is 0. The summed E-state index contributed by atoms with van der Waals surface area (Å²) in [6.45, 7) is 1.23. The van der Waals surface area contributed by atoms with Crippen LogP contribution in [0.25, 0.3) is 10.9 Å². The zero-order chi connectivity index (χ0) is 16.9. The second-order valence-corrected chi connectivity index (χ2v) is 5.33. The maximum Gasteiger partial charge on any atom is 0.261 e. The molecule has 0 aliphatic rings. The Morgan fingerprint density at radius 2 is 1.96 bits per heavy atom. The van der Waals surface area contributed by atoms with Crippen molar-refractivity contribution in [1.82, 2.24) is 9.55 Å². The Hall–Kier alpha value is -2.73. The van der Waals surface area contributed by atoms with Crippen LogP contribution in [-0.2, 0) is 17.9 Å². The van der Waals surface area contributed by atoms with Crippen molar-refractivity contribution in [3.63, 3.8) is 0 Å². The molecule has 0 radical (unpaired) electrons. The second-order valence-electron chi connectivity index (χ2n) is 5.33. The van der Waals surface area contributed by atoms with Gasteiger partial charge in [-0.25, -0.2) is 9.37 Å². The lowest BCUT2D eigenvalue weighted by Gasteiger charge is -2.09. The number of methoxy groups -OCH3 is 1. The molecular weight excluding hydrogens is 311 g/mol. The van der Waals surface area contributed by atoms with E-state index in [0.717, 1.165) is 5.56 Å². The van der Waals surface area contributed by atoms with Gasteiger partial charge in [0.1, 0.15) is 18.2 Å². The van der Waals surface area contributed by atoms with Crippen LogP contribution < -0.4 is 10.3 Å². The fraction of sp³-hybridized carbons (Fsp3) is 0.222. The number of benzene rings is 2. The van der Waals surface area contributed by atoms with Crippen molar-refractivity contribution in [2.75, 3.05) is 13.7 Å². The van der Waals surface area contributed by atoms with E-state index in [-0.39, 0.29) is 11.4 Å².